The van der Waals surface area contributed by atoms with Gasteiger partial charge in [0, 0.05) is 4.47 Å². The van der Waals surface area contributed by atoms with Gasteiger partial charge in [0.2, 0.25) is 5.89 Å². The van der Waals surface area contributed by atoms with Gasteiger partial charge < -0.3 is 9.52 Å². The van der Waals surface area contributed by atoms with E-state index in [2.05, 4.69) is 20.9 Å². The fourth-order valence-electron chi connectivity index (χ4n) is 1.24. The maximum Gasteiger partial charge on any atom is 0.227 e. The van der Waals surface area contributed by atoms with Crippen LogP contribution in [0.1, 0.15) is 18.7 Å². The summed E-state index contributed by atoms with van der Waals surface area (Å²) >= 11 is 3.42. The van der Waals surface area contributed by atoms with Crippen molar-refractivity contribution in [3.05, 3.63) is 40.7 Å². The molecule has 1 aromatic carbocycles. The minimum atomic E-state index is -0.606. The summed E-state index contributed by atoms with van der Waals surface area (Å²) in [5.74, 6) is 0.512. The van der Waals surface area contributed by atoms with Crippen LogP contribution in [0.2, 0.25) is 0 Å². The Morgan fingerprint density at radius 3 is 2.73 bits per heavy atom. The van der Waals surface area contributed by atoms with Crippen LogP contribution in [0.3, 0.4) is 0 Å². The largest absolute Gasteiger partial charge is 0.444 e. The molecule has 0 aliphatic carbocycles. The van der Waals surface area contributed by atoms with Crippen molar-refractivity contribution >= 4 is 15.9 Å². The first-order chi connectivity index (χ1) is 7.18. The summed E-state index contributed by atoms with van der Waals surface area (Å²) in [6, 6.07) is 7.65. The SMILES string of the molecule is CC(O)c1coc(-c2ccccc2Br)n1. The lowest BCUT2D eigenvalue weighted by Gasteiger charge is -1.98. The number of aliphatic hydroxyl groups excluding tert-OH is 1. The molecule has 2 aromatic rings. The molecule has 1 aromatic heterocycles. The molecule has 78 valence electrons. The van der Waals surface area contributed by atoms with Crippen LogP contribution in [0.4, 0.5) is 0 Å². The second-order valence-corrected chi connectivity index (χ2v) is 4.09. The normalized spacial score (nSPS) is 12.7. The quantitative estimate of drug-likeness (QED) is 0.909. The average Bonchev–Trinajstić information content (AvgIpc) is 2.67. The van der Waals surface area contributed by atoms with Gasteiger partial charge in [-0.15, -0.1) is 0 Å². The van der Waals surface area contributed by atoms with Crippen LogP contribution in [-0.2, 0) is 0 Å². The van der Waals surface area contributed by atoms with E-state index in [-0.39, 0.29) is 0 Å². The summed E-state index contributed by atoms with van der Waals surface area (Å²) < 4.78 is 6.21. The van der Waals surface area contributed by atoms with Crippen molar-refractivity contribution in [1.29, 1.82) is 0 Å². The number of halogens is 1. The molecule has 15 heavy (non-hydrogen) atoms. The van der Waals surface area contributed by atoms with Gasteiger partial charge >= 0.3 is 0 Å². The molecule has 0 aliphatic heterocycles. The number of nitrogens with zero attached hydrogens (tertiary/aromatic N) is 1. The number of aliphatic hydroxyl groups is 1. The van der Waals surface area contributed by atoms with Crippen LogP contribution < -0.4 is 0 Å². The minimum Gasteiger partial charge on any atom is -0.444 e. The van der Waals surface area contributed by atoms with E-state index in [9.17, 15) is 5.11 Å². The van der Waals surface area contributed by atoms with E-state index in [1.54, 1.807) is 6.92 Å². The van der Waals surface area contributed by atoms with E-state index >= 15 is 0 Å². The molecule has 4 heteroatoms. The van der Waals surface area contributed by atoms with Crippen LogP contribution >= 0.6 is 15.9 Å². The molecule has 0 amide bonds. The lowest BCUT2D eigenvalue weighted by Crippen LogP contribution is -1.90. The van der Waals surface area contributed by atoms with E-state index in [4.69, 9.17) is 4.42 Å². The lowest BCUT2D eigenvalue weighted by atomic mass is 10.2. The topological polar surface area (TPSA) is 46.3 Å². The van der Waals surface area contributed by atoms with Crippen molar-refractivity contribution in [3.8, 4) is 11.5 Å². The van der Waals surface area contributed by atoms with E-state index < -0.39 is 6.10 Å². The number of hydrogen-bond donors (Lipinski definition) is 1. The second-order valence-electron chi connectivity index (χ2n) is 3.23. The summed E-state index contributed by atoms with van der Waals surface area (Å²) in [6.45, 7) is 1.65. The predicted molar refractivity (Wildman–Crippen MR) is 60.3 cm³/mol. The number of hydrogen-bond acceptors (Lipinski definition) is 3. The Labute approximate surface area is 95.9 Å². The van der Waals surface area contributed by atoms with E-state index in [0.717, 1.165) is 10.0 Å². The fourth-order valence-corrected chi connectivity index (χ4v) is 1.69. The third-order valence-electron chi connectivity index (χ3n) is 2.05. The minimum absolute atomic E-state index is 0.512. The zero-order chi connectivity index (χ0) is 10.8. The molecule has 0 saturated heterocycles. The van der Waals surface area contributed by atoms with E-state index in [1.807, 2.05) is 24.3 Å². The summed E-state index contributed by atoms with van der Waals surface area (Å²) in [5.41, 5.74) is 1.42. The molecule has 1 unspecified atom stereocenters. The Morgan fingerprint density at radius 2 is 2.13 bits per heavy atom. The molecule has 0 radical (unpaired) electrons. The van der Waals surface area contributed by atoms with Gasteiger partial charge in [0.1, 0.15) is 12.0 Å². The van der Waals surface area contributed by atoms with Gasteiger partial charge in [0.15, 0.2) is 0 Å². The highest BCUT2D eigenvalue weighted by Crippen LogP contribution is 2.28. The maximum atomic E-state index is 9.32. The number of rotatable bonds is 2. The highest BCUT2D eigenvalue weighted by atomic mass is 79.9. The summed E-state index contributed by atoms with van der Waals surface area (Å²) in [5, 5.41) is 9.32. The molecular formula is C11H10BrNO2. The number of aromatic nitrogens is 1. The van der Waals surface area contributed by atoms with E-state index in [0.29, 0.717) is 11.6 Å². The van der Waals surface area contributed by atoms with Crippen LogP contribution in [0.15, 0.2) is 39.4 Å². The first-order valence-electron chi connectivity index (χ1n) is 4.57. The summed E-state index contributed by atoms with van der Waals surface area (Å²) in [4.78, 5) is 4.19. The lowest BCUT2D eigenvalue weighted by molar-refractivity contribution is 0.194. The highest BCUT2D eigenvalue weighted by Gasteiger charge is 2.11. The molecule has 0 saturated carbocycles. The van der Waals surface area contributed by atoms with Gasteiger partial charge in [0.05, 0.1) is 11.7 Å². The zero-order valence-corrected chi connectivity index (χ0v) is 9.73. The Kier molecular flexibility index (Phi) is 2.88. The summed E-state index contributed by atoms with van der Waals surface area (Å²) in [7, 11) is 0. The van der Waals surface area contributed by atoms with Gasteiger partial charge in [-0.05, 0) is 35.0 Å². The fraction of sp³-hybridized carbons (Fsp3) is 0.182. The van der Waals surface area contributed by atoms with Crippen molar-refractivity contribution in [2.75, 3.05) is 0 Å². The molecule has 1 N–H and O–H groups in total. The van der Waals surface area contributed by atoms with Crippen molar-refractivity contribution in [2.45, 2.75) is 13.0 Å². The van der Waals surface area contributed by atoms with Gasteiger partial charge in [0.25, 0.3) is 0 Å². The molecule has 1 heterocycles. The molecule has 1 atom stereocenters. The molecule has 0 aliphatic rings. The molecule has 3 nitrogen and oxygen atoms in total. The monoisotopic (exact) mass is 267 g/mol. The van der Waals surface area contributed by atoms with Crippen LogP contribution in [0.5, 0.6) is 0 Å². The van der Waals surface area contributed by atoms with Gasteiger partial charge in [-0.25, -0.2) is 4.98 Å². The van der Waals surface area contributed by atoms with Crippen LogP contribution in [0.25, 0.3) is 11.5 Å². The Hall–Kier alpha value is -1.13. The molecular weight excluding hydrogens is 258 g/mol. The van der Waals surface area contributed by atoms with Gasteiger partial charge in [-0.1, -0.05) is 12.1 Å². The Bertz CT molecular complexity index is 465. The highest BCUT2D eigenvalue weighted by molar-refractivity contribution is 9.10. The van der Waals surface area contributed by atoms with Crippen LogP contribution in [-0.4, -0.2) is 10.1 Å². The molecule has 2 rings (SSSR count). The average molecular weight is 268 g/mol. The third kappa shape index (κ3) is 2.11. The van der Waals surface area contributed by atoms with Crippen molar-refractivity contribution < 1.29 is 9.52 Å². The number of oxazole rings is 1. The second kappa shape index (κ2) is 4.16. The molecule has 0 spiro atoms. The predicted octanol–water partition coefficient (Wildman–Crippen LogP) is 3.16. The van der Waals surface area contributed by atoms with Crippen LogP contribution in [0, 0.1) is 0 Å². The maximum absolute atomic E-state index is 9.32. The molecule has 0 fully saturated rings. The summed E-state index contributed by atoms with van der Waals surface area (Å²) in [6.07, 6.45) is 0.865. The smallest absolute Gasteiger partial charge is 0.227 e. The Balaban J connectivity index is 2.42. The number of benzene rings is 1. The molecule has 0 bridgehead atoms. The van der Waals surface area contributed by atoms with Crippen molar-refractivity contribution in [3.63, 3.8) is 0 Å². The standard InChI is InChI=1S/C11H10BrNO2/c1-7(14)10-6-15-11(13-10)8-4-2-3-5-9(8)12/h2-7,14H,1H3. The van der Waals surface area contributed by atoms with Gasteiger partial charge in [-0.2, -0.15) is 0 Å². The Morgan fingerprint density at radius 1 is 1.40 bits per heavy atom. The van der Waals surface area contributed by atoms with Gasteiger partial charge in [-0.3, -0.25) is 0 Å². The van der Waals surface area contributed by atoms with Crippen molar-refractivity contribution in [1.82, 2.24) is 4.98 Å². The third-order valence-corrected chi connectivity index (χ3v) is 2.75. The first kappa shape index (κ1) is 10.4. The van der Waals surface area contributed by atoms with E-state index in [1.165, 1.54) is 6.26 Å². The zero-order valence-electron chi connectivity index (χ0n) is 8.14. The first-order valence-corrected chi connectivity index (χ1v) is 5.36. The van der Waals surface area contributed by atoms with Crippen molar-refractivity contribution in [2.24, 2.45) is 0 Å².